The fourth-order valence-corrected chi connectivity index (χ4v) is 2.42. The van der Waals surface area contributed by atoms with Crippen LogP contribution in [-0.2, 0) is 11.2 Å². The van der Waals surface area contributed by atoms with Crippen molar-refractivity contribution >= 4 is 22.4 Å². The minimum Gasteiger partial charge on any atom is -0.356 e. The second kappa shape index (κ2) is 5.84. The molecule has 106 valence electrons. The van der Waals surface area contributed by atoms with Crippen LogP contribution in [0.2, 0.25) is 0 Å². The number of hydrogen-bond acceptors (Lipinski definition) is 6. The average Bonchev–Trinajstić information content (AvgIpc) is 3.09. The third-order valence-electron chi connectivity index (χ3n) is 2.73. The van der Waals surface area contributed by atoms with Gasteiger partial charge in [-0.1, -0.05) is 46.8 Å². The number of aromatic nitrogens is 3. The highest BCUT2D eigenvalue weighted by molar-refractivity contribution is 7.15. The number of aryl methyl sites for hydroxylation is 1. The van der Waals surface area contributed by atoms with Crippen molar-refractivity contribution < 1.29 is 9.32 Å². The third kappa shape index (κ3) is 3.32. The molecule has 0 aliphatic heterocycles. The van der Waals surface area contributed by atoms with E-state index in [4.69, 9.17) is 4.52 Å². The van der Waals surface area contributed by atoms with E-state index in [0.717, 1.165) is 10.6 Å². The van der Waals surface area contributed by atoms with Crippen LogP contribution < -0.4 is 5.32 Å². The highest BCUT2D eigenvalue weighted by Crippen LogP contribution is 2.20. The highest BCUT2D eigenvalue weighted by atomic mass is 32.1. The summed E-state index contributed by atoms with van der Waals surface area (Å²) < 4.78 is 5.25. The van der Waals surface area contributed by atoms with Crippen LogP contribution in [0.1, 0.15) is 10.7 Å². The number of benzene rings is 1. The first kappa shape index (κ1) is 13.4. The average molecular weight is 300 g/mol. The van der Waals surface area contributed by atoms with E-state index in [1.165, 1.54) is 11.3 Å². The van der Waals surface area contributed by atoms with E-state index in [9.17, 15) is 4.79 Å². The Kier molecular flexibility index (Phi) is 3.74. The van der Waals surface area contributed by atoms with E-state index in [0.29, 0.717) is 16.6 Å². The number of carbonyl (C=O) groups excluding carboxylic acids is 1. The zero-order chi connectivity index (χ0) is 14.7. The van der Waals surface area contributed by atoms with E-state index in [1.807, 2.05) is 37.3 Å². The summed E-state index contributed by atoms with van der Waals surface area (Å²) in [5, 5.41) is 15.6. The van der Waals surface area contributed by atoms with Crippen molar-refractivity contribution in [3.05, 3.63) is 47.1 Å². The largest absolute Gasteiger partial charge is 0.356 e. The Hall–Kier alpha value is -2.54. The molecular formula is C14H12N4O2S. The predicted molar refractivity (Wildman–Crippen MR) is 78.9 cm³/mol. The lowest BCUT2D eigenvalue weighted by Crippen LogP contribution is -2.14. The molecule has 3 rings (SSSR count). The third-order valence-corrected chi connectivity index (χ3v) is 3.49. The molecule has 0 saturated heterocycles. The molecule has 2 aromatic heterocycles. The van der Waals surface area contributed by atoms with Gasteiger partial charge in [0.25, 0.3) is 0 Å². The second-order valence-corrected chi connectivity index (χ2v) is 5.58. The Morgan fingerprint density at radius 1 is 1.29 bits per heavy atom. The molecule has 1 amide bonds. The van der Waals surface area contributed by atoms with Gasteiger partial charge in [0.05, 0.1) is 12.1 Å². The maximum atomic E-state index is 11.9. The molecule has 7 heteroatoms. The van der Waals surface area contributed by atoms with Crippen molar-refractivity contribution in [2.45, 2.75) is 13.3 Å². The summed E-state index contributed by atoms with van der Waals surface area (Å²) in [6.07, 6.45) is 0.134. The van der Waals surface area contributed by atoms with Crippen molar-refractivity contribution in [2.75, 3.05) is 5.32 Å². The first-order valence-electron chi connectivity index (χ1n) is 6.32. The van der Waals surface area contributed by atoms with Crippen LogP contribution in [-0.4, -0.2) is 21.3 Å². The summed E-state index contributed by atoms with van der Waals surface area (Å²) in [6, 6.07) is 11.4. The smallest absolute Gasteiger partial charge is 0.232 e. The molecule has 0 bridgehead atoms. The quantitative estimate of drug-likeness (QED) is 0.801. The van der Waals surface area contributed by atoms with Crippen molar-refractivity contribution in [2.24, 2.45) is 0 Å². The molecule has 1 N–H and O–H groups in total. The van der Waals surface area contributed by atoms with Gasteiger partial charge in [-0.05, 0) is 6.92 Å². The Morgan fingerprint density at radius 3 is 2.81 bits per heavy atom. The number of anilines is 1. The molecule has 0 saturated carbocycles. The van der Waals surface area contributed by atoms with Crippen LogP contribution in [0.3, 0.4) is 0 Å². The summed E-state index contributed by atoms with van der Waals surface area (Å²) in [6.45, 7) is 1.83. The molecule has 0 aliphatic rings. The lowest BCUT2D eigenvalue weighted by Gasteiger charge is -1.96. The molecule has 0 radical (unpaired) electrons. The molecule has 6 nitrogen and oxygen atoms in total. The van der Waals surface area contributed by atoms with Crippen LogP contribution >= 0.6 is 11.3 Å². The number of amides is 1. The van der Waals surface area contributed by atoms with Gasteiger partial charge in [-0.2, -0.15) is 0 Å². The van der Waals surface area contributed by atoms with Gasteiger partial charge < -0.3 is 9.84 Å². The van der Waals surface area contributed by atoms with Gasteiger partial charge in [0.15, 0.2) is 5.76 Å². The first-order chi connectivity index (χ1) is 10.2. The zero-order valence-corrected chi connectivity index (χ0v) is 12.1. The Labute approximate surface area is 124 Å². The predicted octanol–water partition coefficient (Wildman–Crippen LogP) is 2.68. The normalized spacial score (nSPS) is 10.5. The minimum atomic E-state index is -0.195. The van der Waals surface area contributed by atoms with Gasteiger partial charge in [-0.3, -0.25) is 4.79 Å². The molecular weight excluding hydrogens is 288 g/mol. The van der Waals surface area contributed by atoms with E-state index in [2.05, 4.69) is 20.7 Å². The van der Waals surface area contributed by atoms with Gasteiger partial charge in [-0.25, -0.2) is 0 Å². The topological polar surface area (TPSA) is 80.9 Å². The number of nitrogens with zero attached hydrogens (tertiary/aromatic N) is 3. The van der Waals surface area contributed by atoms with Gasteiger partial charge in [0, 0.05) is 11.6 Å². The Balaban J connectivity index is 1.66. The molecule has 0 aliphatic carbocycles. The van der Waals surface area contributed by atoms with Crippen molar-refractivity contribution in [1.82, 2.24) is 15.4 Å². The number of rotatable bonds is 4. The molecule has 0 spiro atoms. The summed E-state index contributed by atoms with van der Waals surface area (Å²) in [5.41, 5.74) is 1.50. The maximum absolute atomic E-state index is 11.9. The van der Waals surface area contributed by atoms with E-state index in [-0.39, 0.29) is 12.3 Å². The summed E-state index contributed by atoms with van der Waals surface area (Å²) in [7, 11) is 0. The Morgan fingerprint density at radius 2 is 2.10 bits per heavy atom. The number of nitrogens with one attached hydrogen (secondary N) is 1. The summed E-state index contributed by atoms with van der Waals surface area (Å²) >= 11 is 1.33. The van der Waals surface area contributed by atoms with Crippen LogP contribution in [0.15, 0.2) is 40.9 Å². The van der Waals surface area contributed by atoms with Gasteiger partial charge in [0.2, 0.25) is 11.0 Å². The molecule has 2 heterocycles. The summed E-state index contributed by atoms with van der Waals surface area (Å²) in [4.78, 5) is 11.9. The van der Waals surface area contributed by atoms with Gasteiger partial charge >= 0.3 is 0 Å². The van der Waals surface area contributed by atoms with Crippen LogP contribution in [0, 0.1) is 6.92 Å². The first-order valence-corrected chi connectivity index (χ1v) is 7.13. The fraction of sp³-hybridized carbons (Fsp3) is 0.143. The number of hydrogen-bond donors (Lipinski definition) is 1. The number of carbonyl (C=O) groups is 1. The summed E-state index contributed by atoms with van der Waals surface area (Å²) in [5.74, 6) is 0.448. The van der Waals surface area contributed by atoms with Crippen molar-refractivity contribution in [1.29, 1.82) is 0 Å². The highest BCUT2D eigenvalue weighted by Gasteiger charge is 2.12. The molecule has 0 unspecified atom stereocenters. The maximum Gasteiger partial charge on any atom is 0.232 e. The Bertz CT molecular complexity index is 751. The monoisotopic (exact) mass is 300 g/mol. The lowest BCUT2D eigenvalue weighted by molar-refractivity contribution is -0.115. The van der Waals surface area contributed by atoms with E-state index in [1.54, 1.807) is 6.07 Å². The zero-order valence-electron chi connectivity index (χ0n) is 11.2. The lowest BCUT2D eigenvalue weighted by atomic mass is 10.1. The van der Waals surface area contributed by atoms with Crippen LogP contribution in [0.25, 0.3) is 11.3 Å². The van der Waals surface area contributed by atoms with Crippen molar-refractivity contribution in [3.63, 3.8) is 0 Å². The molecule has 1 aromatic carbocycles. The van der Waals surface area contributed by atoms with Gasteiger partial charge in [0.1, 0.15) is 5.01 Å². The van der Waals surface area contributed by atoms with Crippen LogP contribution in [0.4, 0.5) is 5.13 Å². The van der Waals surface area contributed by atoms with E-state index >= 15 is 0 Å². The van der Waals surface area contributed by atoms with Crippen molar-refractivity contribution in [3.8, 4) is 11.3 Å². The van der Waals surface area contributed by atoms with E-state index < -0.39 is 0 Å². The minimum absolute atomic E-state index is 0.134. The SMILES string of the molecule is Cc1nnc(NC(=O)Cc2cc(-c3ccccc3)on2)s1. The molecule has 21 heavy (non-hydrogen) atoms. The fourth-order valence-electron chi connectivity index (χ4n) is 1.81. The standard InChI is InChI=1S/C14H12N4O2S/c1-9-16-17-14(21-9)15-13(19)8-11-7-12(20-18-11)10-5-3-2-4-6-10/h2-7H,8H2,1H3,(H,15,17,19). The second-order valence-electron chi connectivity index (χ2n) is 4.40. The molecule has 3 aromatic rings. The molecule has 0 atom stereocenters. The molecule has 0 fully saturated rings. The van der Waals surface area contributed by atoms with Gasteiger partial charge in [-0.15, -0.1) is 10.2 Å². The van der Waals surface area contributed by atoms with Crippen LogP contribution in [0.5, 0.6) is 0 Å².